The fourth-order valence-electron chi connectivity index (χ4n) is 3.15. The van der Waals surface area contributed by atoms with E-state index in [0.717, 1.165) is 24.3 Å². The molecule has 1 aromatic rings. The summed E-state index contributed by atoms with van der Waals surface area (Å²) in [6.07, 6.45) is 6.87. The molecule has 0 radical (unpaired) electrons. The molecule has 0 aromatic carbocycles. The van der Waals surface area contributed by atoms with Gasteiger partial charge in [0, 0.05) is 22.2 Å². The number of aryl methyl sites for hydroxylation is 2. The zero-order chi connectivity index (χ0) is 12.6. The van der Waals surface area contributed by atoms with Crippen molar-refractivity contribution in [2.75, 3.05) is 11.9 Å². The SMILES string of the molecule is Cc1ncsc1CCC1(CBr)CCOC1C1CC1. The van der Waals surface area contributed by atoms with Gasteiger partial charge in [-0.25, -0.2) is 4.98 Å². The van der Waals surface area contributed by atoms with Gasteiger partial charge in [0.1, 0.15) is 0 Å². The summed E-state index contributed by atoms with van der Waals surface area (Å²) in [5, 5.41) is 1.08. The lowest BCUT2D eigenvalue weighted by molar-refractivity contribution is 0.0378. The molecule has 1 aliphatic heterocycles. The highest BCUT2D eigenvalue weighted by molar-refractivity contribution is 9.09. The summed E-state index contributed by atoms with van der Waals surface area (Å²) in [5.41, 5.74) is 3.55. The van der Waals surface area contributed by atoms with Crippen LogP contribution in [-0.4, -0.2) is 23.0 Å². The van der Waals surface area contributed by atoms with Crippen molar-refractivity contribution in [1.82, 2.24) is 4.98 Å². The molecule has 18 heavy (non-hydrogen) atoms. The molecule has 2 aliphatic rings. The summed E-state index contributed by atoms with van der Waals surface area (Å²) in [6.45, 7) is 3.07. The molecule has 1 saturated heterocycles. The topological polar surface area (TPSA) is 22.1 Å². The highest BCUT2D eigenvalue weighted by Gasteiger charge is 2.49. The summed E-state index contributed by atoms with van der Waals surface area (Å²) in [5.74, 6) is 0.840. The molecule has 4 heteroatoms. The van der Waals surface area contributed by atoms with Crippen LogP contribution in [0.4, 0.5) is 0 Å². The minimum Gasteiger partial charge on any atom is -0.377 e. The van der Waals surface area contributed by atoms with Gasteiger partial charge >= 0.3 is 0 Å². The third kappa shape index (κ3) is 2.39. The standard InChI is InChI=1S/C14H20BrNOS/c1-10-12(18-9-16-10)4-5-14(8-15)6-7-17-13(14)11-2-3-11/h9,11,13H,2-8H2,1H3. The Morgan fingerprint density at radius 2 is 2.39 bits per heavy atom. The van der Waals surface area contributed by atoms with E-state index in [0.29, 0.717) is 11.5 Å². The van der Waals surface area contributed by atoms with Crippen LogP contribution in [0.3, 0.4) is 0 Å². The van der Waals surface area contributed by atoms with Crippen LogP contribution in [0.5, 0.6) is 0 Å². The second-order valence-electron chi connectivity index (χ2n) is 5.74. The van der Waals surface area contributed by atoms with Crippen molar-refractivity contribution in [1.29, 1.82) is 0 Å². The molecule has 2 heterocycles. The van der Waals surface area contributed by atoms with Crippen LogP contribution in [0.25, 0.3) is 0 Å². The van der Waals surface area contributed by atoms with E-state index in [-0.39, 0.29) is 0 Å². The first-order chi connectivity index (χ1) is 8.75. The highest BCUT2D eigenvalue weighted by Crippen LogP contribution is 2.51. The van der Waals surface area contributed by atoms with Gasteiger partial charge in [-0.3, -0.25) is 0 Å². The maximum absolute atomic E-state index is 6.04. The Bertz CT molecular complexity index is 418. The van der Waals surface area contributed by atoms with E-state index >= 15 is 0 Å². The first-order valence-electron chi connectivity index (χ1n) is 6.82. The van der Waals surface area contributed by atoms with Crippen LogP contribution >= 0.6 is 27.3 Å². The number of aromatic nitrogens is 1. The van der Waals surface area contributed by atoms with Crippen molar-refractivity contribution in [3.8, 4) is 0 Å². The number of thiazole rings is 1. The van der Waals surface area contributed by atoms with Crippen molar-refractivity contribution in [3.63, 3.8) is 0 Å². The first-order valence-corrected chi connectivity index (χ1v) is 8.82. The van der Waals surface area contributed by atoms with Gasteiger partial charge in [-0.05, 0) is 44.9 Å². The minimum atomic E-state index is 0.373. The van der Waals surface area contributed by atoms with Crippen molar-refractivity contribution in [2.45, 2.75) is 45.1 Å². The fraction of sp³-hybridized carbons (Fsp3) is 0.786. The molecule has 3 rings (SSSR count). The largest absolute Gasteiger partial charge is 0.377 e. The minimum absolute atomic E-state index is 0.373. The van der Waals surface area contributed by atoms with Crippen LogP contribution in [-0.2, 0) is 11.2 Å². The van der Waals surface area contributed by atoms with Gasteiger partial charge in [0.2, 0.25) is 0 Å². The molecule has 0 amide bonds. The first kappa shape index (κ1) is 13.1. The molecule has 100 valence electrons. The second kappa shape index (κ2) is 5.22. The number of nitrogens with zero attached hydrogens (tertiary/aromatic N) is 1. The van der Waals surface area contributed by atoms with Crippen LogP contribution in [0, 0.1) is 18.3 Å². The van der Waals surface area contributed by atoms with E-state index in [1.807, 2.05) is 5.51 Å². The van der Waals surface area contributed by atoms with Gasteiger partial charge in [0.25, 0.3) is 0 Å². The summed E-state index contributed by atoms with van der Waals surface area (Å²) in [4.78, 5) is 5.81. The predicted molar refractivity (Wildman–Crippen MR) is 78.5 cm³/mol. The fourth-order valence-corrected chi connectivity index (χ4v) is 4.81. The maximum Gasteiger partial charge on any atom is 0.0797 e. The average Bonchev–Trinajstić information content (AvgIpc) is 3.01. The Morgan fingerprint density at radius 1 is 1.56 bits per heavy atom. The molecule has 0 N–H and O–H groups in total. The van der Waals surface area contributed by atoms with Crippen molar-refractivity contribution >= 4 is 27.3 Å². The Kier molecular flexibility index (Phi) is 3.79. The third-order valence-electron chi connectivity index (χ3n) is 4.51. The molecule has 2 atom stereocenters. The number of halogens is 1. The number of rotatable bonds is 5. The Labute approximate surface area is 121 Å². The lowest BCUT2D eigenvalue weighted by Crippen LogP contribution is -2.35. The van der Waals surface area contributed by atoms with Gasteiger partial charge < -0.3 is 4.74 Å². The molecule has 1 saturated carbocycles. The van der Waals surface area contributed by atoms with Crippen LogP contribution in [0.2, 0.25) is 0 Å². The molecular formula is C14H20BrNOS. The highest BCUT2D eigenvalue weighted by atomic mass is 79.9. The smallest absolute Gasteiger partial charge is 0.0797 e. The molecule has 2 fully saturated rings. The monoisotopic (exact) mass is 329 g/mol. The Morgan fingerprint density at radius 3 is 3.00 bits per heavy atom. The number of hydrogen-bond donors (Lipinski definition) is 0. The van der Waals surface area contributed by atoms with Gasteiger partial charge in [-0.1, -0.05) is 15.9 Å². The molecule has 1 aliphatic carbocycles. The quantitative estimate of drug-likeness (QED) is 0.762. The van der Waals surface area contributed by atoms with Gasteiger partial charge in [-0.2, -0.15) is 0 Å². The molecule has 2 unspecified atom stereocenters. The van der Waals surface area contributed by atoms with Crippen LogP contribution in [0.15, 0.2) is 5.51 Å². The number of alkyl halides is 1. The van der Waals surface area contributed by atoms with E-state index in [4.69, 9.17) is 4.74 Å². The zero-order valence-corrected chi connectivity index (χ0v) is 13.2. The number of ether oxygens (including phenoxy) is 1. The second-order valence-corrected chi connectivity index (χ2v) is 7.24. The van der Waals surface area contributed by atoms with E-state index in [2.05, 4.69) is 27.8 Å². The Hall–Kier alpha value is 0.0700. The average molecular weight is 330 g/mol. The van der Waals surface area contributed by atoms with E-state index in [9.17, 15) is 0 Å². The zero-order valence-electron chi connectivity index (χ0n) is 10.8. The summed E-state index contributed by atoms with van der Waals surface area (Å²) in [7, 11) is 0. The van der Waals surface area contributed by atoms with Crippen molar-refractivity contribution in [2.24, 2.45) is 11.3 Å². The molecule has 1 aromatic heterocycles. The van der Waals surface area contributed by atoms with E-state index in [1.165, 1.54) is 36.3 Å². The summed E-state index contributed by atoms with van der Waals surface area (Å²) in [6, 6.07) is 0. The van der Waals surface area contributed by atoms with Gasteiger partial charge in [0.15, 0.2) is 0 Å². The number of hydrogen-bond acceptors (Lipinski definition) is 3. The van der Waals surface area contributed by atoms with Gasteiger partial charge in [0.05, 0.1) is 17.3 Å². The molecular weight excluding hydrogens is 310 g/mol. The lowest BCUT2D eigenvalue weighted by Gasteiger charge is -2.32. The summed E-state index contributed by atoms with van der Waals surface area (Å²) >= 11 is 5.56. The van der Waals surface area contributed by atoms with E-state index in [1.54, 1.807) is 11.3 Å². The summed E-state index contributed by atoms with van der Waals surface area (Å²) < 4.78 is 6.04. The van der Waals surface area contributed by atoms with Crippen LogP contribution in [0.1, 0.15) is 36.3 Å². The van der Waals surface area contributed by atoms with Crippen LogP contribution < -0.4 is 0 Å². The predicted octanol–water partition coefficient (Wildman–Crippen LogP) is 3.96. The molecule has 0 spiro atoms. The van der Waals surface area contributed by atoms with Crippen molar-refractivity contribution in [3.05, 3.63) is 16.1 Å². The van der Waals surface area contributed by atoms with E-state index < -0.39 is 0 Å². The lowest BCUT2D eigenvalue weighted by atomic mass is 9.77. The molecule has 2 nitrogen and oxygen atoms in total. The maximum atomic E-state index is 6.04. The third-order valence-corrected chi connectivity index (χ3v) is 6.62. The Balaban J connectivity index is 1.69. The van der Waals surface area contributed by atoms with Crippen molar-refractivity contribution < 1.29 is 4.74 Å². The molecule has 0 bridgehead atoms. The normalized spacial score (nSPS) is 32.0. The van der Waals surface area contributed by atoms with Gasteiger partial charge in [-0.15, -0.1) is 11.3 Å².